The first-order valence-electron chi connectivity index (χ1n) is 5.07. The molecule has 1 heterocycles. The van der Waals surface area contributed by atoms with Crippen LogP contribution < -0.4 is 0 Å². The van der Waals surface area contributed by atoms with Gasteiger partial charge in [0.1, 0.15) is 4.90 Å². The van der Waals surface area contributed by atoms with Gasteiger partial charge in [0.2, 0.25) is 0 Å². The Labute approximate surface area is 103 Å². The summed E-state index contributed by atoms with van der Waals surface area (Å²) in [6.45, 7) is 0. The maximum absolute atomic E-state index is 11.8. The molecule has 1 aromatic heterocycles. The molecule has 0 spiro atoms. The molecule has 1 N–H and O–H groups in total. The second-order valence-electron chi connectivity index (χ2n) is 4.23. The molecule has 1 aromatic rings. The summed E-state index contributed by atoms with van der Waals surface area (Å²) in [5.74, 6) is -0.359. The zero-order valence-electron chi connectivity index (χ0n) is 9.40. The van der Waals surface area contributed by atoms with Gasteiger partial charge in [-0.05, 0) is 12.8 Å². The zero-order chi connectivity index (χ0) is 12.8. The van der Waals surface area contributed by atoms with Crippen molar-refractivity contribution in [3.05, 3.63) is 11.4 Å². The molecular weight excluding hydrogens is 266 g/mol. The van der Waals surface area contributed by atoms with Crippen molar-refractivity contribution in [2.45, 2.75) is 23.7 Å². The van der Waals surface area contributed by atoms with Gasteiger partial charge in [-0.2, -0.15) is 5.10 Å². The molecule has 0 bridgehead atoms. The summed E-state index contributed by atoms with van der Waals surface area (Å²) in [5, 5.41) is 6.40. The van der Waals surface area contributed by atoms with Crippen LogP contribution in [-0.2, 0) is 9.05 Å². The van der Waals surface area contributed by atoms with Gasteiger partial charge in [0, 0.05) is 30.7 Å². The number of aromatic nitrogens is 2. The summed E-state index contributed by atoms with van der Waals surface area (Å²) in [6, 6.07) is 0. The average Bonchev–Trinajstić information content (AvgIpc) is 2.94. The number of rotatable bonds is 3. The molecule has 0 atom stereocenters. The molecule has 0 saturated heterocycles. The van der Waals surface area contributed by atoms with Crippen LogP contribution in [0.4, 0.5) is 0 Å². The van der Waals surface area contributed by atoms with Gasteiger partial charge in [0.15, 0.2) is 5.69 Å². The number of hydrogen-bond acceptors (Lipinski definition) is 4. The minimum Gasteiger partial charge on any atom is -0.343 e. The van der Waals surface area contributed by atoms with E-state index in [2.05, 4.69) is 10.2 Å². The largest absolute Gasteiger partial charge is 0.343 e. The monoisotopic (exact) mass is 277 g/mol. The Morgan fingerprint density at radius 3 is 2.47 bits per heavy atom. The number of carbonyl (C=O) groups is 1. The number of halogens is 1. The fourth-order valence-electron chi connectivity index (χ4n) is 1.60. The highest BCUT2D eigenvalue weighted by atomic mass is 35.7. The van der Waals surface area contributed by atoms with Crippen LogP contribution in [0.25, 0.3) is 0 Å². The highest BCUT2D eigenvalue weighted by Crippen LogP contribution is 2.43. The number of amides is 1. The van der Waals surface area contributed by atoms with Gasteiger partial charge < -0.3 is 4.90 Å². The van der Waals surface area contributed by atoms with Crippen molar-refractivity contribution in [1.29, 1.82) is 0 Å². The van der Waals surface area contributed by atoms with E-state index in [1.54, 1.807) is 0 Å². The lowest BCUT2D eigenvalue weighted by molar-refractivity contribution is 0.0818. The summed E-state index contributed by atoms with van der Waals surface area (Å²) < 4.78 is 23.1. The van der Waals surface area contributed by atoms with E-state index in [9.17, 15) is 13.2 Å². The lowest BCUT2D eigenvalue weighted by Gasteiger charge is -2.08. The van der Waals surface area contributed by atoms with Gasteiger partial charge in [0.05, 0.1) is 5.69 Å². The summed E-state index contributed by atoms with van der Waals surface area (Å²) in [7, 11) is 4.45. The molecule has 1 aliphatic rings. The highest BCUT2D eigenvalue weighted by Gasteiger charge is 2.36. The molecule has 0 aromatic carbocycles. The minimum atomic E-state index is -3.97. The lowest BCUT2D eigenvalue weighted by Crippen LogP contribution is -2.23. The lowest BCUT2D eigenvalue weighted by atomic mass is 10.2. The number of aromatic amines is 1. The third kappa shape index (κ3) is 2.30. The van der Waals surface area contributed by atoms with Crippen molar-refractivity contribution in [3.8, 4) is 0 Å². The third-order valence-electron chi connectivity index (χ3n) is 2.59. The fourth-order valence-corrected chi connectivity index (χ4v) is 2.90. The van der Waals surface area contributed by atoms with Crippen LogP contribution >= 0.6 is 10.7 Å². The predicted octanol–water partition coefficient (Wildman–Crippen LogP) is 0.916. The Balaban J connectivity index is 2.57. The van der Waals surface area contributed by atoms with Crippen LogP contribution in [0.15, 0.2) is 4.90 Å². The van der Waals surface area contributed by atoms with Gasteiger partial charge in [-0.15, -0.1) is 0 Å². The molecule has 6 nitrogen and oxygen atoms in total. The van der Waals surface area contributed by atoms with Gasteiger partial charge in [-0.3, -0.25) is 9.89 Å². The summed E-state index contributed by atoms with van der Waals surface area (Å²) in [6.07, 6.45) is 1.77. The van der Waals surface area contributed by atoms with Crippen LogP contribution in [0.1, 0.15) is 34.9 Å². The molecule has 0 aliphatic heterocycles. The maximum atomic E-state index is 11.8. The Hall–Kier alpha value is -1.08. The van der Waals surface area contributed by atoms with Crippen LogP contribution in [0.5, 0.6) is 0 Å². The van der Waals surface area contributed by atoms with E-state index >= 15 is 0 Å². The first-order valence-corrected chi connectivity index (χ1v) is 7.38. The van der Waals surface area contributed by atoms with E-state index in [1.165, 1.54) is 19.0 Å². The highest BCUT2D eigenvalue weighted by molar-refractivity contribution is 8.13. The Kier molecular flexibility index (Phi) is 2.90. The van der Waals surface area contributed by atoms with Crippen LogP contribution in [0.2, 0.25) is 0 Å². The predicted molar refractivity (Wildman–Crippen MR) is 61.6 cm³/mol. The quantitative estimate of drug-likeness (QED) is 0.833. The molecule has 1 amide bonds. The first-order chi connectivity index (χ1) is 7.82. The number of H-pyrrole nitrogens is 1. The minimum absolute atomic E-state index is 0.120. The number of hydrogen-bond donors (Lipinski definition) is 1. The van der Waals surface area contributed by atoms with Crippen molar-refractivity contribution in [2.24, 2.45) is 0 Å². The normalized spacial score (nSPS) is 15.9. The fraction of sp³-hybridized carbons (Fsp3) is 0.556. The molecule has 2 rings (SSSR count). The zero-order valence-corrected chi connectivity index (χ0v) is 11.0. The van der Waals surface area contributed by atoms with E-state index in [0.29, 0.717) is 5.69 Å². The van der Waals surface area contributed by atoms with Crippen LogP contribution in [-0.4, -0.2) is 43.5 Å². The van der Waals surface area contributed by atoms with Crippen molar-refractivity contribution < 1.29 is 13.2 Å². The van der Waals surface area contributed by atoms with Crippen LogP contribution in [0, 0.1) is 0 Å². The molecule has 0 radical (unpaired) electrons. The first kappa shape index (κ1) is 12.4. The topological polar surface area (TPSA) is 83.1 Å². The summed E-state index contributed by atoms with van der Waals surface area (Å²) in [4.78, 5) is 12.9. The van der Waals surface area contributed by atoms with Crippen molar-refractivity contribution >= 4 is 25.6 Å². The molecule has 17 heavy (non-hydrogen) atoms. The molecular formula is C9H12ClN3O3S. The Morgan fingerprint density at radius 2 is 2.06 bits per heavy atom. The average molecular weight is 278 g/mol. The van der Waals surface area contributed by atoms with Gasteiger partial charge in [-0.1, -0.05) is 0 Å². The van der Waals surface area contributed by atoms with E-state index in [-0.39, 0.29) is 16.5 Å². The number of nitrogens with zero attached hydrogens (tertiary/aromatic N) is 2. The van der Waals surface area contributed by atoms with Crippen molar-refractivity contribution in [1.82, 2.24) is 15.1 Å². The van der Waals surface area contributed by atoms with E-state index in [4.69, 9.17) is 10.7 Å². The Bertz CT molecular complexity index is 560. The molecule has 8 heteroatoms. The summed E-state index contributed by atoms with van der Waals surface area (Å²) in [5.41, 5.74) is 0.317. The van der Waals surface area contributed by atoms with Crippen LogP contribution in [0.3, 0.4) is 0 Å². The van der Waals surface area contributed by atoms with Crippen molar-refractivity contribution in [3.63, 3.8) is 0 Å². The Morgan fingerprint density at radius 1 is 1.47 bits per heavy atom. The molecule has 1 aliphatic carbocycles. The van der Waals surface area contributed by atoms with E-state index < -0.39 is 15.0 Å². The maximum Gasteiger partial charge on any atom is 0.275 e. The molecule has 0 unspecified atom stereocenters. The van der Waals surface area contributed by atoms with E-state index in [0.717, 1.165) is 12.8 Å². The second-order valence-corrected chi connectivity index (χ2v) is 6.73. The second kappa shape index (κ2) is 3.99. The summed E-state index contributed by atoms with van der Waals surface area (Å²) >= 11 is 0. The molecule has 94 valence electrons. The van der Waals surface area contributed by atoms with Crippen molar-refractivity contribution in [2.75, 3.05) is 14.1 Å². The standard InChI is InChI=1S/C9H12ClN3O3S/c1-13(2)9(14)7-8(17(10,15)16)6(11-12-7)5-3-4-5/h5H,3-4H2,1-2H3,(H,11,12). The van der Waals surface area contributed by atoms with Gasteiger partial charge in [0.25, 0.3) is 15.0 Å². The SMILES string of the molecule is CN(C)C(=O)c1n[nH]c(C2CC2)c1S(=O)(=O)Cl. The van der Waals surface area contributed by atoms with E-state index in [1.807, 2.05) is 0 Å². The number of carbonyl (C=O) groups excluding carboxylic acids is 1. The van der Waals surface area contributed by atoms with Gasteiger partial charge in [-0.25, -0.2) is 8.42 Å². The third-order valence-corrected chi connectivity index (χ3v) is 3.95. The smallest absolute Gasteiger partial charge is 0.275 e. The van der Waals surface area contributed by atoms with Gasteiger partial charge >= 0.3 is 0 Å². The molecule has 1 fully saturated rings. The molecule has 1 saturated carbocycles. The number of nitrogens with one attached hydrogen (secondary N) is 1.